The van der Waals surface area contributed by atoms with E-state index in [0.717, 1.165) is 32.2 Å². The monoisotopic (exact) mass is 308 g/mol. The van der Waals surface area contributed by atoms with Crippen molar-refractivity contribution < 1.29 is 14.4 Å². The third-order valence-electron chi connectivity index (χ3n) is 4.90. The zero-order valence-electron chi connectivity index (χ0n) is 12.9. The van der Waals surface area contributed by atoms with E-state index >= 15 is 0 Å². The summed E-state index contributed by atoms with van der Waals surface area (Å²) in [7, 11) is 0. The van der Waals surface area contributed by atoms with E-state index in [1.165, 1.54) is 0 Å². The molecule has 7 nitrogen and oxygen atoms in total. The summed E-state index contributed by atoms with van der Waals surface area (Å²) in [5.41, 5.74) is 5.38. The second-order valence-corrected chi connectivity index (χ2v) is 6.51. The Hall–Kier alpha value is -1.63. The molecule has 0 radical (unpaired) electrons. The highest BCUT2D eigenvalue weighted by Crippen LogP contribution is 2.31. The third kappa shape index (κ3) is 3.24. The molecule has 7 heteroatoms. The lowest BCUT2D eigenvalue weighted by atomic mass is 10.2. The average molecular weight is 308 g/mol. The third-order valence-corrected chi connectivity index (χ3v) is 4.90. The number of nitrogens with two attached hydrogens (primary N) is 1. The molecule has 3 fully saturated rings. The Morgan fingerprint density at radius 1 is 0.909 bits per heavy atom. The molecule has 1 saturated carbocycles. The van der Waals surface area contributed by atoms with Crippen LogP contribution in [-0.2, 0) is 14.4 Å². The maximum absolute atomic E-state index is 12.4. The standard InChI is InChI=1S/C15H24N4O3/c16-14(21)12-2-1-5-19(12)10-13(20)17-6-8-18(9-7-17)15(22)11-3-4-11/h11-12H,1-10H2,(H2,16,21). The van der Waals surface area contributed by atoms with Crippen LogP contribution in [0, 0.1) is 5.92 Å². The second kappa shape index (κ2) is 6.24. The van der Waals surface area contributed by atoms with Crippen molar-refractivity contribution in [2.75, 3.05) is 39.3 Å². The predicted molar refractivity (Wildman–Crippen MR) is 79.7 cm³/mol. The van der Waals surface area contributed by atoms with Gasteiger partial charge < -0.3 is 15.5 Å². The molecule has 1 aliphatic carbocycles. The molecule has 0 spiro atoms. The summed E-state index contributed by atoms with van der Waals surface area (Å²) in [5, 5.41) is 0. The molecule has 0 bridgehead atoms. The van der Waals surface area contributed by atoms with E-state index < -0.39 is 0 Å². The fourth-order valence-corrected chi connectivity index (χ4v) is 3.38. The minimum atomic E-state index is -0.342. The Balaban J connectivity index is 1.47. The first-order chi connectivity index (χ1) is 10.6. The molecule has 2 heterocycles. The second-order valence-electron chi connectivity index (χ2n) is 6.51. The maximum atomic E-state index is 12.4. The van der Waals surface area contributed by atoms with Gasteiger partial charge in [0.05, 0.1) is 12.6 Å². The van der Waals surface area contributed by atoms with Crippen molar-refractivity contribution in [3.63, 3.8) is 0 Å². The van der Waals surface area contributed by atoms with Crippen LogP contribution in [0.1, 0.15) is 25.7 Å². The molecule has 2 aliphatic heterocycles. The molecule has 0 aromatic carbocycles. The number of hydrogen-bond acceptors (Lipinski definition) is 4. The molecule has 3 rings (SSSR count). The van der Waals surface area contributed by atoms with Crippen molar-refractivity contribution in [1.82, 2.24) is 14.7 Å². The van der Waals surface area contributed by atoms with E-state index in [0.29, 0.717) is 26.2 Å². The Kier molecular flexibility index (Phi) is 4.33. The first-order valence-corrected chi connectivity index (χ1v) is 8.16. The van der Waals surface area contributed by atoms with Crippen LogP contribution in [0.25, 0.3) is 0 Å². The fourth-order valence-electron chi connectivity index (χ4n) is 3.38. The summed E-state index contributed by atoms with van der Waals surface area (Å²) in [6, 6.07) is -0.304. The highest BCUT2D eigenvalue weighted by molar-refractivity contribution is 5.83. The minimum absolute atomic E-state index is 0.0340. The van der Waals surface area contributed by atoms with E-state index in [-0.39, 0.29) is 36.2 Å². The van der Waals surface area contributed by atoms with E-state index in [1.807, 2.05) is 9.80 Å². The molecule has 3 amide bonds. The van der Waals surface area contributed by atoms with Gasteiger partial charge in [0.25, 0.3) is 0 Å². The topological polar surface area (TPSA) is 86.9 Å². The highest BCUT2D eigenvalue weighted by Gasteiger charge is 2.36. The molecule has 2 N–H and O–H groups in total. The summed E-state index contributed by atoms with van der Waals surface area (Å²) >= 11 is 0. The number of rotatable bonds is 4. The normalized spacial score (nSPS) is 26.3. The molecular formula is C15H24N4O3. The quantitative estimate of drug-likeness (QED) is 0.723. The molecule has 1 unspecified atom stereocenters. The van der Waals surface area contributed by atoms with Gasteiger partial charge in [-0.1, -0.05) is 0 Å². The van der Waals surface area contributed by atoms with Crippen LogP contribution in [0.15, 0.2) is 0 Å². The first kappa shape index (κ1) is 15.3. The van der Waals surface area contributed by atoms with Gasteiger partial charge in [-0.2, -0.15) is 0 Å². The van der Waals surface area contributed by atoms with Gasteiger partial charge in [0.15, 0.2) is 0 Å². The van der Waals surface area contributed by atoms with Gasteiger partial charge in [-0.25, -0.2) is 0 Å². The van der Waals surface area contributed by atoms with Gasteiger partial charge in [0.1, 0.15) is 0 Å². The van der Waals surface area contributed by atoms with E-state index in [1.54, 1.807) is 4.90 Å². The zero-order valence-corrected chi connectivity index (χ0v) is 12.9. The lowest BCUT2D eigenvalue weighted by molar-refractivity contribution is -0.141. The fraction of sp³-hybridized carbons (Fsp3) is 0.800. The molecule has 122 valence electrons. The number of piperazine rings is 1. The largest absolute Gasteiger partial charge is 0.368 e. The summed E-state index contributed by atoms with van der Waals surface area (Å²) in [5.74, 6) is 0.181. The summed E-state index contributed by atoms with van der Waals surface area (Å²) < 4.78 is 0. The lowest BCUT2D eigenvalue weighted by Gasteiger charge is -2.36. The Labute approximate surface area is 130 Å². The van der Waals surface area contributed by atoms with E-state index in [2.05, 4.69) is 0 Å². The van der Waals surface area contributed by atoms with Gasteiger partial charge in [-0.05, 0) is 32.2 Å². The van der Waals surface area contributed by atoms with E-state index in [4.69, 9.17) is 5.73 Å². The smallest absolute Gasteiger partial charge is 0.236 e. The van der Waals surface area contributed by atoms with Crippen LogP contribution in [0.3, 0.4) is 0 Å². The molecule has 22 heavy (non-hydrogen) atoms. The highest BCUT2D eigenvalue weighted by atomic mass is 16.2. The van der Waals surface area contributed by atoms with Crippen LogP contribution in [0.2, 0.25) is 0 Å². The van der Waals surface area contributed by atoms with Crippen LogP contribution in [0.5, 0.6) is 0 Å². The summed E-state index contributed by atoms with van der Waals surface area (Å²) in [4.78, 5) is 41.3. The Bertz CT molecular complexity index is 469. The van der Waals surface area contributed by atoms with Gasteiger partial charge in [-0.3, -0.25) is 19.3 Å². The lowest BCUT2D eigenvalue weighted by Crippen LogP contribution is -2.54. The van der Waals surface area contributed by atoms with Crippen LogP contribution in [-0.4, -0.2) is 77.7 Å². The Morgan fingerprint density at radius 3 is 2.14 bits per heavy atom. The minimum Gasteiger partial charge on any atom is -0.368 e. The van der Waals surface area contributed by atoms with Gasteiger partial charge in [-0.15, -0.1) is 0 Å². The maximum Gasteiger partial charge on any atom is 0.236 e. The van der Waals surface area contributed by atoms with Crippen molar-refractivity contribution in [3.05, 3.63) is 0 Å². The van der Waals surface area contributed by atoms with Gasteiger partial charge in [0.2, 0.25) is 17.7 Å². The van der Waals surface area contributed by atoms with E-state index in [9.17, 15) is 14.4 Å². The number of primary amides is 1. The van der Waals surface area contributed by atoms with Crippen molar-refractivity contribution in [2.24, 2.45) is 11.7 Å². The van der Waals surface area contributed by atoms with Crippen LogP contribution in [0.4, 0.5) is 0 Å². The SMILES string of the molecule is NC(=O)C1CCCN1CC(=O)N1CCN(C(=O)C2CC2)CC1. The predicted octanol–water partition coefficient (Wildman–Crippen LogP) is -0.983. The average Bonchev–Trinajstić information content (AvgIpc) is 3.26. The van der Waals surface area contributed by atoms with Crippen molar-refractivity contribution in [1.29, 1.82) is 0 Å². The molecule has 0 aromatic rings. The number of carbonyl (C=O) groups excluding carboxylic acids is 3. The number of carbonyl (C=O) groups is 3. The van der Waals surface area contributed by atoms with Gasteiger partial charge in [0, 0.05) is 32.1 Å². The number of hydrogen-bond donors (Lipinski definition) is 1. The number of likely N-dealkylation sites (tertiary alicyclic amines) is 1. The van der Waals surface area contributed by atoms with Crippen LogP contribution >= 0.6 is 0 Å². The van der Waals surface area contributed by atoms with Crippen LogP contribution < -0.4 is 5.73 Å². The molecule has 0 aromatic heterocycles. The van der Waals surface area contributed by atoms with Crippen molar-refractivity contribution in [2.45, 2.75) is 31.7 Å². The summed E-state index contributed by atoms with van der Waals surface area (Å²) in [6.07, 6.45) is 3.68. The van der Waals surface area contributed by atoms with Crippen molar-refractivity contribution >= 4 is 17.7 Å². The molecule has 1 atom stereocenters. The summed E-state index contributed by atoms with van der Waals surface area (Å²) in [6.45, 7) is 3.43. The first-order valence-electron chi connectivity index (χ1n) is 8.16. The van der Waals surface area contributed by atoms with Gasteiger partial charge >= 0.3 is 0 Å². The van der Waals surface area contributed by atoms with Crippen molar-refractivity contribution in [3.8, 4) is 0 Å². The molecule has 3 aliphatic rings. The Morgan fingerprint density at radius 2 is 1.55 bits per heavy atom. The number of nitrogens with zero attached hydrogens (tertiary/aromatic N) is 3. The molecular weight excluding hydrogens is 284 g/mol. The zero-order chi connectivity index (χ0) is 15.7. The molecule has 2 saturated heterocycles. The number of amides is 3.